The molecule has 0 spiro atoms. The first-order valence-electron chi connectivity index (χ1n) is 23.6. The molecule has 0 saturated carbocycles. The van der Waals surface area contributed by atoms with Crippen molar-refractivity contribution < 1.29 is 64.7 Å². The molecule has 0 aliphatic carbocycles. The van der Waals surface area contributed by atoms with Crippen molar-refractivity contribution in [2.45, 2.75) is 30.9 Å². The van der Waals surface area contributed by atoms with E-state index < -0.39 is 174 Å². The fourth-order valence-electron chi connectivity index (χ4n) is 2.48. The third kappa shape index (κ3) is 6.59. The van der Waals surface area contributed by atoms with Crippen LogP contribution in [0.2, 0.25) is 0 Å². The van der Waals surface area contributed by atoms with Crippen molar-refractivity contribution in [3.05, 3.63) is 72.3 Å². The number of hydrogen-bond acceptors (Lipinski definition) is 10. The molecule has 0 aliphatic rings. The predicted octanol–water partition coefficient (Wildman–Crippen LogP) is 4.20. The summed E-state index contributed by atoms with van der Waals surface area (Å²) < 4.78 is 271. The van der Waals surface area contributed by atoms with Gasteiger partial charge in [0.25, 0.3) is 15.9 Å². The lowest BCUT2D eigenvalue weighted by Crippen LogP contribution is -2.17. The Morgan fingerprint density at radius 3 is 2.46 bits per heavy atom. The van der Waals surface area contributed by atoms with E-state index in [0.717, 1.165) is 0 Å². The topological polar surface area (TPSA) is 146 Å². The second kappa shape index (κ2) is 11.6. The third-order valence-electron chi connectivity index (χ3n) is 4.06. The first-order valence-corrected chi connectivity index (χ1v) is 11.2. The van der Waals surface area contributed by atoms with E-state index in [-0.39, 0.29) is 0 Å². The second-order valence-electron chi connectivity index (χ2n) is 6.65. The average molecular weight is 580 g/mol. The van der Waals surface area contributed by atoms with E-state index in [2.05, 4.69) is 25.0 Å². The largest absolute Gasteiger partial charge is 0.493 e. The fraction of sp³-hybridized carbons (Fsp3) is 0.259. The van der Waals surface area contributed by atoms with Crippen molar-refractivity contribution in [2.24, 2.45) is 0 Å². The van der Waals surface area contributed by atoms with Crippen molar-refractivity contribution in [3.63, 3.8) is 0 Å². The normalized spacial score (nSPS) is 24.0. The van der Waals surface area contributed by atoms with Crippen LogP contribution >= 0.6 is 0 Å². The molecule has 0 atom stereocenters. The van der Waals surface area contributed by atoms with Gasteiger partial charge >= 0.3 is 0 Å². The first-order chi connectivity index (χ1) is 30.0. The number of rotatable bonds is 11. The van der Waals surface area contributed by atoms with Crippen molar-refractivity contribution >= 4 is 15.8 Å². The molecule has 39 heavy (non-hydrogen) atoms. The Labute approximate surface area is 266 Å². The molecule has 4 aromatic rings. The first kappa shape index (κ1) is 9.14. The number of benzene rings is 2. The smallest absolute Gasteiger partial charge is 0.263 e. The summed E-state index contributed by atoms with van der Waals surface area (Å²) in [6.07, 6.45) is -2.09. The summed E-state index contributed by atoms with van der Waals surface area (Å²) in [6, 6.07) is -13.4. The highest BCUT2D eigenvalue weighted by molar-refractivity contribution is 7.92. The van der Waals surface area contributed by atoms with Crippen LogP contribution in [0.3, 0.4) is 0 Å². The van der Waals surface area contributed by atoms with Crippen LogP contribution in [-0.4, -0.2) is 55.0 Å². The highest BCUT2D eigenvalue weighted by Crippen LogP contribution is 2.41. The molecule has 0 unspecified atom stereocenters. The van der Waals surface area contributed by atoms with Crippen LogP contribution in [-0.2, 0) is 15.4 Å². The highest BCUT2D eigenvalue weighted by atomic mass is 32.2. The lowest BCUT2D eigenvalue weighted by atomic mass is 9.87. The quantitative estimate of drug-likeness (QED) is 0.265. The van der Waals surface area contributed by atoms with Crippen LogP contribution in [0.5, 0.6) is 23.1 Å². The number of aliphatic hydroxyl groups is 1. The van der Waals surface area contributed by atoms with Crippen LogP contribution in [0.25, 0.3) is 11.6 Å². The maximum Gasteiger partial charge on any atom is 0.263 e. The van der Waals surface area contributed by atoms with Gasteiger partial charge in [-0.05, 0) is 41.2 Å². The van der Waals surface area contributed by atoms with E-state index in [0.29, 0.717) is 0 Å². The van der Waals surface area contributed by atoms with Gasteiger partial charge in [0.2, 0.25) is 13.0 Å². The molecule has 0 saturated heterocycles. The van der Waals surface area contributed by atoms with Gasteiger partial charge in [0.05, 0.1) is 43.2 Å². The molecule has 4 rings (SSSR count). The number of sulfonamides is 1. The van der Waals surface area contributed by atoms with Crippen LogP contribution in [0.15, 0.2) is 71.6 Å². The van der Waals surface area contributed by atoms with Crippen LogP contribution < -0.4 is 18.9 Å². The minimum absolute atomic E-state index is 0.926. The maximum absolute atomic E-state index is 14.5. The minimum Gasteiger partial charge on any atom is -0.493 e. The van der Waals surface area contributed by atoms with Gasteiger partial charge in [-0.25, -0.2) is 23.4 Å². The lowest BCUT2D eigenvalue weighted by molar-refractivity contribution is 0.192. The van der Waals surface area contributed by atoms with Gasteiger partial charge in [-0.15, -0.1) is 0 Å². The van der Waals surface area contributed by atoms with Crippen molar-refractivity contribution in [3.8, 4) is 34.8 Å². The Kier molecular flexibility index (Phi) is 2.72. The number of nitrogens with one attached hydrogen (secondary N) is 1. The zero-order valence-electron chi connectivity index (χ0n) is 46.6. The summed E-state index contributed by atoms with van der Waals surface area (Å²) in [5.41, 5.74) is -6.05. The SMILES string of the molecule is [2H]OC([2H])([2H])C([2H])([2H])Oc1nc(-c2nc([2H])c([2H])c([2H])n2)nc(NS(=O)(=O)c2c([2H])c([2H])c(C(C([2H])([2H])[2H])(C([2H])([2H])[2H])C([2H])([2H])[2H])c([2H])c2[2H])c1Oc1c([2H])c([2H])c([2H])c([2H])c1OC([2H])([2H])[2H]. The molecule has 2 aromatic heterocycles. The minimum atomic E-state index is -6.04. The fourth-order valence-corrected chi connectivity index (χ4v) is 3.34. The van der Waals surface area contributed by atoms with E-state index in [1.165, 1.54) is 4.72 Å². The molecule has 11 nitrogen and oxygen atoms in total. The summed E-state index contributed by atoms with van der Waals surface area (Å²) in [4.78, 5) is 12.7. The van der Waals surface area contributed by atoms with E-state index in [1.54, 1.807) is 0 Å². The summed E-state index contributed by atoms with van der Waals surface area (Å²) in [5.74, 6) is -10.0. The molecular weight excluding hydrogens is 522 g/mol. The Bertz CT molecular complexity index is 2650. The third-order valence-corrected chi connectivity index (χ3v) is 5.27. The Hall–Kier alpha value is -4.29. The van der Waals surface area contributed by atoms with Crippen LogP contribution in [0.1, 0.15) is 63.1 Å². The zero-order valence-corrected chi connectivity index (χ0v) is 19.5. The standard InChI is InChI=1S/C27H29N5O6S/c1-27(2,3)18-10-12-19(13-11-18)39(34,35)32-23-22(38-21-9-6-5-8-20(21)36-4)26(37-17-16-33)31-25(30-23)24-28-14-7-15-29-24/h5-15,33H,16-17H2,1-4H3,(H,30,31,32)/i1D3,2D3,3D3,4D3,5D,6D,7D,8D,9D,10D,11D,12D,13D,14D,15D,16D2,17D2,33D. The Morgan fingerprint density at radius 2 is 1.77 bits per heavy atom. The number of ether oxygens (including phenoxy) is 3. The van der Waals surface area contributed by atoms with Gasteiger partial charge in [-0.2, -0.15) is 4.98 Å². The van der Waals surface area contributed by atoms with Gasteiger partial charge in [0.1, 0.15) is 6.56 Å². The molecule has 0 fully saturated rings. The van der Waals surface area contributed by atoms with Crippen molar-refractivity contribution in [1.29, 1.82) is 1.43 Å². The number of methoxy groups -OCH3 is 1. The van der Waals surface area contributed by atoms with Gasteiger partial charge in [-0.3, -0.25) is 4.72 Å². The Morgan fingerprint density at radius 1 is 1.03 bits per heavy atom. The van der Waals surface area contributed by atoms with Gasteiger partial charge in [0, 0.05) is 24.7 Å². The van der Waals surface area contributed by atoms with Crippen LogP contribution in [0, 0.1) is 0 Å². The van der Waals surface area contributed by atoms with E-state index >= 15 is 0 Å². The molecule has 2 heterocycles. The lowest BCUT2D eigenvalue weighted by Gasteiger charge is -2.20. The predicted molar refractivity (Wildman–Crippen MR) is 145 cm³/mol. The zero-order chi connectivity index (χ0) is 51.9. The number of anilines is 1. The molecule has 0 aliphatic heterocycles. The number of nitrogens with zero attached hydrogens (tertiary/aromatic N) is 4. The molecule has 2 aromatic carbocycles. The number of hydrogen-bond donors (Lipinski definition) is 2. The molecule has 0 amide bonds. The molecule has 204 valence electrons. The van der Waals surface area contributed by atoms with Crippen molar-refractivity contribution in [1.82, 2.24) is 19.9 Å². The summed E-state index contributed by atoms with van der Waals surface area (Å²) in [5, 5.41) is 3.77. The van der Waals surface area contributed by atoms with E-state index in [1.807, 2.05) is 0 Å². The molecule has 0 radical (unpaired) electrons. The maximum atomic E-state index is 14.5. The molecule has 12 heteroatoms. The molecule has 2 N–H and O–H groups in total. The highest BCUT2D eigenvalue weighted by Gasteiger charge is 2.26. The van der Waals surface area contributed by atoms with Gasteiger partial charge in [0.15, 0.2) is 23.1 Å². The summed E-state index contributed by atoms with van der Waals surface area (Å²) >= 11 is 0. The van der Waals surface area contributed by atoms with Crippen molar-refractivity contribution in [2.75, 3.05) is 24.9 Å². The van der Waals surface area contributed by atoms with Gasteiger partial charge in [-0.1, -0.05) is 44.7 Å². The molecular formula is C27H29N5O6S. The Balaban J connectivity index is 2.26. The van der Waals surface area contributed by atoms with E-state index in [4.69, 9.17) is 52.7 Å². The number of aromatic nitrogens is 4. The second-order valence-corrected chi connectivity index (χ2v) is 8.27. The average Bonchev–Trinajstić information content (AvgIpc) is 3.15. The molecule has 0 bridgehead atoms. The number of para-hydroxylation sites is 2. The monoisotopic (exact) mass is 579 g/mol. The van der Waals surface area contributed by atoms with Gasteiger partial charge < -0.3 is 19.3 Å². The van der Waals surface area contributed by atoms with Crippen LogP contribution in [0.4, 0.5) is 5.82 Å². The van der Waals surface area contributed by atoms with E-state index in [9.17, 15) is 8.42 Å². The summed E-state index contributed by atoms with van der Waals surface area (Å²) in [6.45, 7) is -20.5. The summed E-state index contributed by atoms with van der Waals surface area (Å²) in [7, 11) is -9.62.